The second-order valence-electron chi connectivity index (χ2n) is 7.24. The van der Waals surface area contributed by atoms with Crippen LogP contribution in [0.15, 0.2) is 36.4 Å². The first-order chi connectivity index (χ1) is 14.0. The summed E-state index contributed by atoms with van der Waals surface area (Å²) in [6.45, 7) is 12.0. The molecular formula is C23H30N3O2S+. The molecule has 0 bridgehead atoms. The minimum atomic E-state index is 0.00494. The van der Waals surface area contributed by atoms with Gasteiger partial charge in [0.1, 0.15) is 11.3 Å². The number of amides is 1. The number of ether oxygens (including phenoxy) is 1. The Morgan fingerprint density at radius 2 is 1.83 bits per heavy atom. The van der Waals surface area contributed by atoms with E-state index in [-0.39, 0.29) is 5.91 Å². The van der Waals surface area contributed by atoms with Crippen LogP contribution in [0.5, 0.6) is 5.75 Å². The lowest BCUT2D eigenvalue weighted by Gasteiger charge is -2.23. The molecule has 1 amide bonds. The average molecular weight is 413 g/mol. The number of aryl methyl sites for hydroxylation is 2. The largest absolute Gasteiger partial charge is 0.494 e. The van der Waals surface area contributed by atoms with Crippen LogP contribution in [0.4, 0.5) is 5.13 Å². The summed E-state index contributed by atoms with van der Waals surface area (Å²) in [4.78, 5) is 21.7. The number of likely N-dealkylation sites (N-methyl/N-ethyl adjacent to an activating group) is 1. The summed E-state index contributed by atoms with van der Waals surface area (Å²) in [6, 6.07) is 11.7. The first-order valence-corrected chi connectivity index (χ1v) is 11.0. The molecule has 5 nitrogen and oxygen atoms in total. The molecule has 3 aromatic rings. The van der Waals surface area contributed by atoms with E-state index in [4.69, 9.17) is 9.72 Å². The fourth-order valence-electron chi connectivity index (χ4n) is 3.49. The van der Waals surface area contributed by atoms with Crippen molar-refractivity contribution in [2.24, 2.45) is 0 Å². The number of quaternary nitrogens is 1. The van der Waals surface area contributed by atoms with E-state index in [0.717, 1.165) is 57.4 Å². The average Bonchev–Trinajstić information content (AvgIpc) is 3.17. The van der Waals surface area contributed by atoms with Gasteiger partial charge < -0.3 is 9.64 Å². The summed E-state index contributed by atoms with van der Waals surface area (Å²) in [5.74, 6) is 0.746. The number of methoxy groups -OCH3 is 1. The molecule has 154 valence electrons. The quantitative estimate of drug-likeness (QED) is 0.616. The van der Waals surface area contributed by atoms with Gasteiger partial charge in [0.2, 0.25) is 0 Å². The number of carbonyl (C=O) groups excluding carboxylic acids is 1. The minimum absolute atomic E-state index is 0.00494. The van der Waals surface area contributed by atoms with Gasteiger partial charge in [-0.3, -0.25) is 9.69 Å². The highest BCUT2D eigenvalue weighted by molar-refractivity contribution is 7.22. The summed E-state index contributed by atoms with van der Waals surface area (Å²) in [5, 5.41) is 0.729. The van der Waals surface area contributed by atoms with Crippen molar-refractivity contribution in [2.75, 3.05) is 38.2 Å². The lowest BCUT2D eigenvalue weighted by Crippen LogP contribution is -3.12. The van der Waals surface area contributed by atoms with Gasteiger partial charge in [-0.2, -0.15) is 0 Å². The van der Waals surface area contributed by atoms with Crippen molar-refractivity contribution in [3.05, 3.63) is 53.1 Å². The molecule has 0 saturated carbocycles. The smallest absolute Gasteiger partial charge is 0.260 e. The third-order valence-corrected chi connectivity index (χ3v) is 6.67. The lowest BCUT2D eigenvalue weighted by atomic mass is 10.1. The highest BCUT2D eigenvalue weighted by Gasteiger charge is 2.25. The molecular weight excluding hydrogens is 382 g/mol. The number of nitrogens with zero attached hydrogens (tertiary/aromatic N) is 2. The molecule has 1 heterocycles. The number of rotatable bonds is 8. The number of nitrogens with one attached hydrogen (secondary N) is 1. The van der Waals surface area contributed by atoms with Crippen LogP contribution in [0, 0.1) is 13.8 Å². The van der Waals surface area contributed by atoms with Crippen molar-refractivity contribution < 1.29 is 14.4 Å². The van der Waals surface area contributed by atoms with Crippen LogP contribution in [-0.4, -0.2) is 44.2 Å². The van der Waals surface area contributed by atoms with E-state index in [1.165, 1.54) is 4.90 Å². The molecule has 0 aliphatic heterocycles. The normalized spacial score (nSPS) is 11.2. The molecule has 3 rings (SSSR count). The van der Waals surface area contributed by atoms with E-state index in [1.807, 2.05) is 48.2 Å². The molecule has 0 aliphatic carbocycles. The van der Waals surface area contributed by atoms with Crippen molar-refractivity contribution in [3.8, 4) is 5.75 Å². The van der Waals surface area contributed by atoms with E-state index in [9.17, 15) is 4.79 Å². The van der Waals surface area contributed by atoms with E-state index in [1.54, 1.807) is 18.4 Å². The molecule has 6 heteroatoms. The molecule has 1 N–H and O–H groups in total. The van der Waals surface area contributed by atoms with Crippen LogP contribution in [0.1, 0.15) is 35.3 Å². The second-order valence-corrected chi connectivity index (χ2v) is 8.22. The summed E-state index contributed by atoms with van der Waals surface area (Å²) < 4.78 is 6.58. The third kappa shape index (κ3) is 4.43. The van der Waals surface area contributed by atoms with Crippen LogP contribution in [0.2, 0.25) is 0 Å². The molecule has 0 unspecified atom stereocenters. The van der Waals surface area contributed by atoms with Gasteiger partial charge in [0.05, 0.1) is 38.0 Å². The first kappa shape index (κ1) is 21.3. The zero-order valence-corrected chi connectivity index (χ0v) is 18.7. The number of anilines is 1. The van der Waals surface area contributed by atoms with Crippen molar-refractivity contribution >= 4 is 32.6 Å². The van der Waals surface area contributed by atoms with Gasteiger partial charge in [0, 0.05) is 5.56 Å². The Hall–Kier alpha value is -2.44. The maximum Gasteiger partial charge on any atom is 0.260 e. The van der Waals surface area contributed by atoms with Gasteiger partial charge in [-0.25, -0.2) is 4.98 Å². The highest BCUT2D eigenvalue weighted by Crippen LogP contribution is 2.36. The Balaban J connectivity index is 2.05. The first-order valence-electron chi connectivity index (χ1n) is 10.1. The monoisotopic (exact) mass is 412 g/mol. The van der Waals surface area contributed by atoms with Gasteiger partial charge >= 0.3 is 0 Å². The number of benzene rings is 2. The van der Waals surface area contributed by atoms with Crippen LogP contribution in [-0.2, 0) is 0 Å². The molecule has 0 spiro atoms. The van der Waals surface area contributed by atoms with Gasteiger partial charge in [-0.05, 0) is 51.0 Å². The fraction of sp³-hybridized carbons (Fsp3) is 0.391. The molecule has 0 radical (unpaired) electrons. The minimum Gasteiger partial charge on any atom is -0.494 e. The van der Waals surface area contributed by atoms with E-state index >= 15 is 0 Å². The SMILES string of the molecule is CC[NH+](CC)CCN(C(=O)c1ccccc1C)c1nc2c(OC)ccc(C)c2s1. The Morgan fingerprint density at radius 1 is 1.10 bits per heavy atom. The van der Waals surface area contributed by atoms with Crippen LogP contribution in [0.25, 0.3) is 10.2 Å². The highest BCUT2D eigenvalue weighted by atomic mass is 32.1. The fourth-order valence-corrected chi connectivity index (χ4v) is 4.57. The van der Waals surface area contributed by atoms with Crippen LogP contribution >= 0.6 is 11.3 Å². The van der Waals surface area contributed by atoms with Gasteiger partial charge in [-0.1, -0.05) is 35.6 Å². The van der Waals surface area contributed by atoms with Crippen molar-refractivity contribution in [1.82, 2.24) is 4.98 Å². The van der Waals surface area contributed by atoms with Crippen LogP contribution < -0.4 is 14.5 Å². The number of hydrogen-bond donors (Lipinski definition) is 1. The molecule has 0 fully saturated rings. The maximum absolute atomic E-state index is 13.5. The van der Waals surface area contributed by atoms with E-state index in [0.29, 0.717) is 6.54 Å². The Labute approximate surface area is 176 Å². The standard InChI is InChI=1S/C23H29N3O2S/c1-6-25(7-2)14-15-26(22(27)18-11-9-8-10-16(18)3)23-24-20-19(28-5)13-12-17(4)21(20)29-23/h8-13H,6-7,14-15H2,1-5H3/p+1. The van der Waals surface area contributed by atoms with E-state index < -0.39 is 0 Å². The predicted octanol–water partition coefficient (Wildman–Crippen LogP) is 3.49. The Kier molecular flexibility index (Phi) is 6.87. The molecule has 0 aliphatic rings. The summed E-state index contributed by atoms with van der Waals surface area (Å²) in [6.07, 6.45) is 0. The Morgan fingerprint density at radius 3 is 2.48 bits per heavy atom. The lowest BCUT2D eigenvalue weighted by molar-refractivity contribution is -0.894. The molecule has 2 aromatic carbocycles. The molecule has 0 saturated heterocycles. The Bertz CT molecular complexity index is 995. The maximum atomic E-state index is 13.5. The number of carbonyl (C=O) groups is 1. The topological polar surface area (TPSA) is 46.9 Å². The summed E-state index contributed by atoms with van der Waals surface area (Å²) in [5.41, 5.74) is 3.67. The predicted molar refractivity (Wildman–Crippen MR) is 121 cm³/mol. The number of aromatic nitrogens is 1. The number of fused-ring (bicyclic) bond motifs is 1. The molecule has 1 aromatic heterocycles. The van der Waals surface area contributed by atoms with Crippen molar-refractivity contribution in [2.45, 2.75) is 27.7 Å². The second kappa shape index (κ2) is 9.37. The van der Waals surface area contributed by atoms with Gasteiger partial charge in [0.15, 0.2) is 5.13 Å². The van der Waals surface area contributed by atoms with Crippen molar-refractivity contribution in [1.29, 1.82) is 0 Å². The third-order valence-electron chi connectivity index (χ3n) is 5.45. The zero-order chi connectivity index (χ0) is 21.0. The molecule has 29 heavy (non-hydrogen) atoms. The number of hydrogen-bond acceptors (Lipinski definition) is 4. The van der Waals surface area contributed by atoms with E-state index in [2.05, 4.69) is 20.8 Å². The van der Waals surface area contributed by atoms with Crippen LogP contribution in [0.3, 0.4) is 0 Å². The molecule has 0 atom stereocenters. The van der Waals surface area contributed by atoms with Crippen molar-refractivity contribution in [3.63, 3.8) is 0 Å². The zero-order valence-electron chi connectivity index (χ0n) is 17.9. The summed E-state index contributed by atoms with van der Waals surface area (Å²) >= 11 is 1.56. The summed E-state index contributed by atoms with van der Waals surface area (Å²) in [7, 11) is 1.66. The van der Waals surface area contributed by atoms with Gasteiger partial charge in [-0.15, -0.1) is 0 Å². The van der Waals surface area contributed by atoms with Gasteiger partial charge in [0.25, 0.3) is 5.91 Å². The number of thiazole rings is 1.